The van der Waals surface area contributed by atoms with Crippen LogP contribution in [0.25, 0.3) is 22.0 Å². The Balaban J connectivity index is 1.67. The van der Waals surface area contributed by atoms with Crippen molar-refractivity contribution < 1.29 is 0 Å². The van der Waals surface area contributed by atoms with Gasteiger partial charge in [0, 0.05) is 17.5 Å². The van der Waals surface area contributed by atoms with E-state index in [1.54, 1.807) is 0 Å². The summed E-state index contributed by atoms with van der Waals surface area (Å²) in [5, 5.41) is 12.9. The van der Waals surface area contributed by atoms with Crippen molar-refractivity contribution in [3.05, 3.63) is 47.5 Å². The third-order valence-corrected chi connectivity index (χ3v) is 5.08. The van der Waals surface area contributed by atoms with Crippen LogP contribution in [0.3, 0.4) is 0 Å². The molecule has 0 saturated heterocycles. The van der Waals surface area contributed by atoms with Gasteiger partial charge in [0.15, 0.2) is 5.82 Å². The van der Waals surface area contributed by atoms with Crippen molar-refractivity contribution in [1.29, 1.82) is 0 Å². The molecule has 2 aromatic carbocycles. The number of nitrogens with one attached hydrogen (secondary N) is 2. The standard InChI is InChI=1S/C19H20ClN3/c20-17-11-18-16(10-15(17)14-8-2-1-3-9-14)19(23-22-18)21-12-13-6-4-5-7-13/h1-3,8-11,13H,4-7,12H2,(H2,21,22,23). The molecule has 1 heterocycles. The molecule has 0 unspecified atom stereocenters. The Kier molecular flexibility index (Phi) is 3.96. The number of benzene rings is 2. The first kappa shape index (κ1) is 14.6. The Morgan fingerprint density at radius 3 is 2.70 bits per heavy atom. The second kappa shape index (κ2) is 6.25. The lowest BCUT2D eigenvalue weighted by molar-refractivity contribution is 0.579. The highest BCUT2D eigenvalue weighted by atomic mass is 35.5. The number of aromatic nitrogens is 2. The summed E-state index contributed by atoms with van der Waals surface area (Å²) in [6, 6.07) is 14.3. The van der Waals surface area contributed by atoms with Crippen LogP contribution >= 0.6 is 11.6 Å². The first-order valence-corrected chi connectivity index (χ1v) is 8.66. The Labute approximate surface area is 141 Å². The van der Waals surface area contributed by atoms with Gasteiger partial charge in [0.25, 0.3) is 0 Å². The molecule has 1 saturated carbocycles. The van der Waals surface area contributed by atoms with Crippen molar-refractivity contribution in [3.8, 4) is 11.1 Å². The summed E-state index contributed by atoms with van der Waals surface area (Å²) < 4.78 is 0. The van der Waals surface area contributed by atoms with Crippen molar-refractivity contribution in [2.75, 3.05) is 11.9 Å². The molecule has 3 nitrogen and oxygen atoms in total. The predicted octanol–water partition coefficient (Wildman–Crippen LogP) is 5.49. The molecule has 0 bridgehead atoms. The molecule has 0 atom stereocenters. The highest BCUT2D eigenvalue weighted by Crippen LogP contribution is 2.34. The zero-order chi connectivity index (χ0) is 15.6. The van der Waals surface area contributed by atoms with Gasteiger partial charge in [0.1, 0.15) is 0 Å². The van der Waals surface area contributed by atoms with E-state index in [2.05, 4.69) is 33.7 Å². The smallest absolute Gasteiger partial charge is 0.155 e. The first-order valence-electron chi connectivity index (χ1n) is 8.28. The maximum atomic E-state index is 6.46. The number of halogens is 1. The quantitative estimate of drug-likeness (QED) is 0.666. The Bertz CT molecular complexity index is 804. The van der Waals surface area contributed by atoms with Gasteiger partial charge >= 0.3 is 0 Å². The summed E-state index contributed by atoms with van der Waals surface area (Å²) in [5.74, 6) is 1.71. The average molecular weight is 326 g/mol. The highest BCUT2D eigenvalue weighted by Gasteiger charge is 2.16. The van der Waals surface area contributed by atoms with Crippen LogP contribution in [-0.2, 0) is 0 Å². The van der Waals surface area contributed by atoms with Gasteiger partial charge in [-0.05, 0) is 36.5 Å². The van der Waals surface area contributed by atoms with E-state index in [0.717, 1.165) is 45.3 Å². The fraction of sp³-hybridized carbons (Fsp3) is 0.316. The summed E-state index contributed by atoms with van der Waals surface area (Å²) in [6.45, 7) is 1.00. The van der Waals surface area contributed by atoms with E-state index >= 15 is 0 Å². The van der Waals surface area contributed by atoms with Crippen LogP contribution in [0, 0.1) is 5.92 Å². The molecule has 4 rings (SSSR count). The largest absolute Gasteiger partial charge is 0.368 e. The van der Waals surface area contributed by atoms with Crippen LogP contribution in [0.4, 0.5) is 5.82 Å². The second-order valence-electron chi connectivity index (χ2n) is 6.35. The SMILES string of the molecule is Clc1cc2[nH]nc(NCC3CCCC3)c2cc1-c1ccccc1. The molecule has 3 aromatic rings. The molecule has 0 aliphatic heterocycles. The van der Waals surface area contributed by atoms with E-state index in [1.807, 2.05) is 24.3 Å². The number of H-pyrrole nitrogens is 1. The molecular formula is C19H20ClN3. The highest BCUT2D eigenvalue weighted by molar-refractivity contribution is 6.34. The monoisotopic (exact) mass is 325 g/mol. The van der Waals surface area contributed by atoms with E-state index < -0.39 is 0 Å². The van der Waals surface area contributed by atoms with Gasteiger partial charge < -0.3 is 5.32 Å². The fourth-order valence-electron chi connectivity index (χ4n) is 3.47. The van der Waals surface area contributed by atoms with E-state index in [4.69, 9.17) is 11.6 Å². The number of rotatable bonds is 4. The third-order valence-electron chi connectivity index (χ3n) is 4.77. The minimum absolute atomic E-state index is 0.745. The van der Waals surface area contributed by atoms with E-state index in [0.29, 0.717) is 0 Å². The maximum Gasteiger partial charge on any atom is 0.155 e. The molecule has 2 N–H and O–H groups in total. The molecule has 1 aliphatic rings. The zero-order valence-corrected chi connectivity index (χ0v) is 13.7. The summed E-state index contributed by atoms with van der Waals surface area (Å²) >= 11 is 6.46. The van der Waals surface area contributed by atoms with Crippen LogP contribution in [0.15, 0.2) is 42.5 Å². The first-order chi connectivity index (χ1) is 11.3. The minimum Gasteiger partial charge on any atom is -0.368 e. The van der Waals surface area contributed by atoms with Gasteiger partial charge in [0.05, 0.1) is 10.5 Å². The normalized spacial score (nSPS) is 15.3. The van der Waals surface area contributed by atoms with Crippen LogP contribution in [0.5, 0.6) is 0 Å². The third kappa shape index (κ3) is 2.93. The predicted molar refractivity (Wildman–Crippen MR) is 97.0 cm³/mol. The second-order valence-corrected chi connectivity index (χ2v) is 6.75. The van der Waals surface area contributed by atoms with E-state index in [1.165, 1.54) is 25.7 Å². The van der Waals surface area contributed by atoms with Crippen molar-refractivity contribution in [2.45, 2.75) is 25.7 Å². The molecule has 1 aliphatic carbocycles. The van der Waals surface area contributed by atoms with Gasteiger partial charge in [-0.15, -0.1) is 0 Å². The Hall–Kier alpha value is -2.00. The van der Waals surface area contributed by atoms with Crippen molar-refractivity contribution >= 4 is 28.3 Å². The number of hydrogen-bond acceptors (Lipinski definition) is 2. The molecule has 4 heteroatoms. The van der Waals surface area contributed by atoms with Crippen LogP contribution in [-0.4, -0.2) is 16.7 Å². The van der Waals surface area contributed by atoms with Crippen molar-refractivity contribution in [1.82, 2.24) is 10.2 Å². The summed E-state index contributed by atoms with van der Waals surface area (Å²) in [4.78, 5) is 0. The van der Waals surface area contributed by atoms with Crippen molar-refractivity contribution in [3.63, 3.8) is 0 Å². The molecule has 1 aromatic heterocycles. The molecule has 0 spiro atoms. The molecule has 1 fully saturated rings. The summed E-state index contributed by atoms with van der Waals surface area (Å²) in [5.41, 5.74) is 3.15. The minimum atomic E-state index is 0.745. The average Bonchev–Trinajstić information content (AvgIpc) is 3.22. The number of hydrogen-bond donors (Lipinski definition) is 2. The Morgan fingerprint density at radius 1 is 1.13 bits per heavy atom. The van der Waals surface area contributed by atoms with Crippen LogP contribution < -0.4 is 5.32 Å². The number of fused-ring (bicyclic) bond motifs is 1. The Morgan fingerprint density at radius 2 is 1.91 bits per heavy atom. The van der Waals surface area contributed by atoms with Gasteiger partial charge in [-0.1, -0.05) is 54.8 Å². The van der Waals surface area contributed by atoms with E-state index in [-0.39, 0.29) is 0 Å². The molecule has 118 valence electrons. The molecular weight excluding hydrogens is 306 g/mol. The number of anilines is 1. The topological polar surface area (TPSA) is 40.7 Å². The van der Waals surface area contributed by atoms with Crippen LogP contribution in [0.1, 0.15) is 25.7 Å². The fourth-order valence-corrected chi connectivity index (χ4v) is 3.74. The zero-order valence-electron chi connectivity index (χ0n) is 13.0. The van der Waals surface area contributed by atoms with E-state index in [9.17, 15) is 0 Å². The van der Waals surface area contributed by atoms with Gasteiger partial charge in [-0.25, -0.2) is 0 Å². The maximum absolute atomic E-state index is 6.46. The van der Waals surface area contributed by atoms with Gasteiger partial charge in [-0.2, -0.15) is 5.10 Å². The molecule has 23 heavy (non-hydrogen) atoms. The molecule has 0 radical (unpaired) electrons. The lowest BCUT2D eigenvalue weighted by atomic mass is 10.0. The summed E-state index contributed by atoms with van der Waals surface area (Å²) in [6.07, 6.45) is 5.38. The lowest BCUT2D eigenvalue weighted by Gasteiger charge is -2.10. The molecule has 0 amide bonds. The number of nitrogens with zero attached hydrogens (tertiary/aromatic N) is 1. The summed E-state index contributed by atoms with van der Waals surface area (Å²) in [7, 11) is 0. The van der Waals surface area contributed by atoms with Gasteiger partial charge in [-0.3, -0.25) is 5.10 Å². The van der Waals surface area contributed by atoms with Crippen LogP contribution in [0.2, 0.25) is 5.02 Å². The lowest BCUT2D eigenvalue weighted by Crippen LogP contribution is -2.11. The van der Waals surface area contributed by atoms with Crippen molar-refractivity contribution in [2.24, 2.45) is 5.92 Å². The van der Waals surface area contributed by atoms with Gasteiger partial charge in [0.2, 0.25) is 0 Å². The number of aromatic amines is 1.